The Morgan fingerprint density at radius 1 is 0.558 bits per heavy atom. The quantitative estimate of drug-likeness (QED) is 0.0485. The Kier molecular flexibility index (Phi) is 37.8. The molecule has 0 saturated heterocycles. The Morgan fingerprint density at radius 3 is 1.53 bits per heavy atom. The molecule has 6 heteroatoms. The van der Waals surface area contributed by atoms with Gasteiger partial charge in [0.05, 0.1) is 40.5 Å². The molecule has 0 bridgehead atoms. The molecule has 0 saturated carbocycles. The predicted molar refractivity (Wildman–Crippen MR) is 182 cm³/mol. The van der Waals surface area contributed by atoms with Crippen molar-refractivity contribution in [1.82, 2.24) is 0 Å². The van der Waals surface area contributed by atoms with Crippen LogP contribution in [0.2, 0.25) is 0 Å². The lowest BCUT2D eigenvalue weighted by molar-refractivity contribution is -0.894. The summed E-state index contributed by atoms with van der Waals surface area (Å²) in [5, 5.41) is 8.97. The first kappa shape index (κ1) is 44.9. The van der Waals surface area contributed by atoms with Gasteiger partial charge in [-0.2, -0.15) is 0 Å². The summed E-state index contributed by atoms with van der Waals surface area (Å²) in [7, 11) is 4.47. The molecule has 0 aliphatic carbocycles. The molecule has 0 spiro atoms. The Morgan fingerprint density at radius 2 is 1.02 bits per heavy atom. The first-order valence-corrected chi connectivity index (χ1v) is 18.1. The molecule has 258 valence electrons. The number of likely N-dealkylation sites (N-methyl/N-ethyl adjacent to an activating group) is 1. The van der Waals surface area contributed by atoms with Crippen LogP contribution in [0.4, 0.5) is 0 Å². The minimum absolute atomic E-state index is 0. The summed E-state index contributed by atoms with van der Waals surface area (Å²) in [4.78, 5) is 0. The molecule has 0 heterocycles. The molecule has 0 aromatic heterocycles. The number of unbranched alkanes of at least 4 members (excludes halogenated alkanes) is 16. The van der Waals surface area contributed by atoms with Crippen molar-refractivity contribution in [3.63, 3.8) is 0 Å². The van der Waals surface area contributed by atoms with Crippen molar-refractivity contribution in [2.24, 2.45) is 0 Å². The Balaban J connectivity index is 0. The lowest BCUT2D eigenvalue weighted by Crippen LogP contribution is -3.00. The van der Waals surface area contributed by atoms with Crippen LogP contribution in [0, 0.1) is 0 Å². The van der Waals surface area contributed by atoms with Gasteiger partial charge in [0.1, 0.15) is 19.2 Å². The SMILES string of the molecule is CCCC/C=C\CCCCCCCCOCC(C[N+](C)(C)CCOCCO)OCCCCCCCC/C=C\CCCC.[Br-]. The topological polar surface area (TPSA) is 47.9 Å². The first-order chi connectivity index (χ1) is 20.6. The van der Waals surface area contributed by atoms with E-state index in [1.165, 1.54) is 116 Å². The molecule has 0 aliphatic rings. The normalized spacial score (nSPS) is 12.9. The fraction of sp³-hybridized carbons (Fsp3) is 0.892. The molecule has 0 aromatic carbocycles. The predicted octanol–water partition coefficient (Wildman–Crippen LogP) is 6.43. The zero-order valence-electron chi connectivity index (χ0n) is 29.2. The van der Waals surface area contributed by atoms with E-state index in [0.717, 1.165) is 43.6 Å². The lowest BCUT2D eigenvalue weighted by Gasteiger charge is -2.33. The molecule has 43 heavy (non-hydrogen) atoms. The third-order valence-electron chi connectivity index (χ3n) is 7.89. The highest BCUT2D eigenvalue weighted by Gasteiger charge is 2.23. The largest absolute Gasteiger partial charge is 1.00 e. The molecule has 0 amide bonds. The van der Waals surface area contributed by atoms with Gasteiger partial charge in [0.15, 0.2) is 0 Å². The van der Waals surface area contributed by atoms with Gasteiger partial charge < -0.3 is 40.8 Å². The van der Waals surface area contributed by atoms with Crippen molar-refractivity contribution in [3.8, 4) is 0 Å². The van der Waals surface area contributed by atoms with Crippen LogP contribution in [0.15, 0.2) is 24.3 Å². The zero-order valence-corrected chi connectivity index (χ0v) is 30.8. The minimum Gasteiger partial charge on any atom is -1.00 e. The monoisotopic (exact) mass is 675 g/mol. The third kappa shape index (κ3) is 36.1. The van der Waals surface area contributed by atoms with Gasteiger partial charge in [0, 0.05) is 13.2 Å². The van der Waals surface area contributed by atoms with Gasteiger partial charge in [0.2, 0.25) is 0 Å². The van der Waals surface area contributed by atoms with E-state index in [9.17, 15) is 0 Å². The molecule has 1 N–H and O–H groups in total. The fourth-order valence-electron chi connectivity index (χ4n) is 5.10. The van der Waals surface area contributed by atoms with Gasteiger partial charge in [0.25, 0.3) is 0 Å². The minimum atomic E-state index is 0. The molecule has 1 atom stereocenters. The highest BCUT2D eigenvalue weighted by molar-refractivity contribution is 4.81. The van der Waals surface area contributed by atoms with Gasteiger partial charge in [-0.3, -0.25) is 0 Å². The van der Waals surface area contributed by atoms with Gasteiger partial charge in [-0.05, 0) is 51.4 Å². The number of nitrogens with zero attached hydrogens (tertiary/aromatic N) is 1. The summed E-state index contributed by atoms with van der Waals surface area (Å²) in [5.41, 5.74) is 0. The Bertz CT molecular complexity index is 585. The number of quaternary nitrogens is 1. The third-order valence-corrected chi connectivity index (χ3v) is 7.89. The fourth-order valence-corrected chi connectivity index (χ4v) is 5.10. The number of rotatable bonds is 34. The van der Waals surface area contributed by atoms with Gasteiger partial charge >= 0.3 is 0 Å². The van der Waals surface area contributed by atoms with Crippen molar-refractivity contribution >= 4 is 0 Å². The number of halogens is 1. The smallest absolute Gasteiger partial charge is 0.130 e. The van der Waals surface area contributed by atoms with E-state index in [4.69, 9.17) is 19.3 Å². The molecule has 0 aromatic rings. The Hall–Kier alpha value is -0.240. The van der Waals surface area contributed by atoms with Crippen LogP contribution in [0.3, 0.4) is 0 Å². The average Bonchev–Trinajstić information content (AvgIpc) is 2.97. The lowest BCUT2D eigenvalue weighted by atomic mass is 10.1. The maximum absolute atomic E-state index is 8.97. The second kappa shape index (κ2) is 36.2. The van der Waals surface area contributed by atoms with Crippen LogP contribution < -0.4 is 17.0 Å². The second-order valence-electron chi connectivity index (χ2n) is 12.8. The zero-order chi connectivity index (χ0) is 30.8. The molecular formula is C37H74BrNO4. The number of ether oxygens (including phenoxy) is 3. The van der Waals surface area contributed by atoms with E-state index in [1.54, 1.807) is 0 Å². The van der Waals surface area contributed by atoms with E-state index in [2.05, 4.69) is 52.2 Å². The molecule has 5 nitrogen and oxygen atoms in total. The van der Waals surface area contributed by atoms with Crippen molar-refractivity contribution in [1.29, 1.82) is 0 Å². The summed E-state index contributed by atoms with van der Waals surface area (Å²) in [6, 6.07) is 0. The summed E-state index contributed by atoms with van der Waals surface area (Å²) < 4.78 is 18.9. The molecule has 1 unspecified atom stereocenters. The molecule has 0 fully saturated rings. The Labute approximate surface area is 279 Å². The summed E-state index contributed by atoms with van der Waals surface area (Å²) in [5.74, 6) is 0. The molecular weight excluding hydrogens is 602 g/mol. The van der Waals surface area contributed by atoms with Crippen LogP contribution in [0.1, 0.15) is 142 Å². The van der Waals surface area contributed by atoms with Crippen LogP contribution in [0.25, 0.3) is 0 Å². The van der Waals surface area contributed by atoms with Crippen molar-refractivity contribution in [2.75, 3.05) is 66.8 Å². The molecule has 0 rings (SSSR count). The van der Waals surface area contributed by atoms with E-state index in [0.29, 0.717) is 19.8 Å². The van der Waals surface area contributed by atoms with Crippen LogP contribution in [0.5, 0.6) is 0 Å². The second-order valence-corrected chi connectivity index (χ2v) is 12.8. The van der Waals surface area contributed by atoms with Crippen molar-refractivity contribution in [2.45, 2.75) is 148 Å². The van der Waals surface area contributed by atoms with E-state index in [1.807, 2.05) is 0 Å². The average molecular weight is 677 g/mol. The van der Waals surface area contributed by atoms with Gasteiger partial charge in [-0.25, -0.2) is 0 Å². The number of hydrogen-bond acceptors (Lipinski definition) is 4. The maximum Gasteiger partial charge on any atom is 0.130 e. The summed E-state index contributed by atoms with van der Waals surface area (Å²) >= 11 is 0. The number of allylic oxidation sites excluding steroid dienone is 4. The van der Waals surface area contributed by atoms with Gasteiger partial charge in [-0.15, -0.1) is 0 Å². The van der Waals surface area contributed by atoms with Crippen molar-refractivity contribution < 1.29 is 40.8 Å². The van der Waals surface area contributed by atoms with E-state index < -0.39 is 0 Å². The van der Waals surface area contributed by atoms with Crippen molar-refractivity contribution in [3.05, 3.63) is 24.3 Å². The highest BCUT2D eigenvalue weighted by atomic mass is 79.9. The van der Waals surface area contributed by atoms with Crippen LogP contribution >= 0.6 is 0 Å². The number of hydrogen-bond donors (Lipinski definition) is 1. The summed E-state index contributed by atoms with van der Waals surface area (Å²) in [6.07, 6.45) is 35.2. The molecule has 0 radical (unpaired) electrons. The highest BCUT2D eigenvalue weighted by Crippen LogP contribution is 2.12. The standard InChI is InChI=1S/C37H74NO4.BrH/c1-5-7-9-11-13-15-17-19-21-23-25-27-31-41-36-37(35-38(3,4)29-33-40-34-30-39)42-32-28-26-24-22-20-18-16-14-12-10-8-6-2;/h11-14,37,39H,5-10,15-36H2,1-4H3;1H/q+1;/p-1/b13-11-,14-12-;. The van der Waals surface area contributed by atoms with E-state index >= 15 is 0 Å². The maximum atomic E-state index is 8.97. The van der Waals surface area contributed by atoms with Crippen LogP contribution in [-0.4, -0.2) is 82.5 Å². The van der Waals surface area contributed by atoms with Gasteiger partial charge in [-0.1, -0.05) is 115 Å². The number of aliphatic hydroxyl groups is 1. The first-order valence-electron chi connectivity index (χ1n) is 18.1. The van der Waals surface area contributed by atoms with Crippen LogP contribution in [-0.2, 0) is 14.2 Å². The van der Waals surface area contributed by atoms with E-state index in [-0.39, 0.29) is 29.7 Å². The summed E-state index contributed by atoms with van der Waals surface area (Å²) in [6.45, 7) is 9.82. The molecule has 0 aliphatic heterocycles. The number of aliphatic hydroxyl groups excluding tert-OH is 1.